The first-order valence-corrected chi connectivity index (χ1v) is 3.62. The third kappa shape index (κ3) is 3.45. The Morgan fingerprint density at radius 2 is 2.42 bits per heavy atom. The van der Waals surface area contributed by atoms with Gasteiger partial charge in [-0.25, -0.2) is 4.79 Å². The fourth-order valence-electron chi connectivity index (χ4n) is 0.824. The number of carbonyl (C=O) groups excluding carboxylic acids is 1. The van der Waals surface area contributed by atoms with Crippen molar-refractivity contribution in [3.63, 3.8) is 0 Å². The van der Waals surface area contributed by atoms with Crippen molar-refractivity contribution in [1.82, 2.24) is 5.32 Å². The Morgan fingerprint density at radius 1 is 1.83 bits per heavy atom. The van der Waals surface area contributed by atoms with Crippen LogP contribution >= 0.6 is 0 Å². The molecule has 0 saturated carbocycles. The van der Waals surface area contributed by atoms with E-state index in [-0.39, 0.29) is 6.54 Å². The predicted molar refractivity (Wildman–Crippen MR) is 41.8 cm³/mol. The van der Waals surface area contributed by atoms with E-state index < -0.39 is 24.4 Å². The van der Waals surface area contributed by atoms with Gasteiger partial charge in [-0.05, 0) is 6.42 Å². The van der Waals surface area contributed by atoms with Crippen molar-refractivity contribution in [2.45, 2.75) is 25.5 Å². The highest BCUT2D eigenvalue weighted by atomic mass is 16.4. The van der Waals surface area contributed by atoms with Crippen LogP contribution < -0.4 is 5.32 Å². The summed E-state index contributed by atoms with van der Waals surface area (Å²) in [4.78, 5) is 20.6. The number of aliphatic carboxylic acids is 1. The summed E-state index contributed by atoms with van der Waals surface area (Å²) in [7, 11) is 0. The zero-order valence-corrected chi connectivity index (χ0v) is 6.78. The third-order valence-electron chi connectivity index (χ3n) is 1.51. The van der Waals surface area contributed by atoms with Crippen LogP contribution in [-0.2, 0) is 9.59 Å². The lowest BCUT2D eigenvalue weighted by molar-refractivity contribution is -0.148. The number of aldehydes is 1. The molecule has 0 saturated heterocycles. The van der Waals surface area contributed by atoms with Crippen molar-refractivity contribution < 1.29 is 21.2 Å². The number of hydrogen-bond donors (Lipinski definition) is 3. The van der Waals surface area contributed by atoms with Crippen molar-refractivity contribution in [2.24, 2.45) is 0 Å². The molecule has 0 fully saturated rings. The first-order chi connectivity index (χ1) is 5.99. The van der Waals surface area contributed by atoms with Gasteiger partial charge >= 0.3 is 5.97 Å². The second kappa shape index (κ2) is 5.68. The van der Waals surface area contributed by atoms with Crippen LogP contribution in [-0.4, -0.2) is 41.1 Å². The van der Waals surface area contributed by atoms with Crippen LogP contribution in [0, 0.1) is 0 Å². The summed E-state index contributed by atoms with van der Waals surface area (Å²) in [5.74, 6) is -1.34. The minimum absolute atomic E-state index is 0.247. The maximum atomic E-state index is 10.3. The van der Waals surface area contributed by atoms with E-state index in [0.717, 1.165) is 0 Å². The summed E-state index contributed by atoms with van der Waals surface area (Å²) in [6, 6.07) is -0.688. The lowest BCUT2D eigenvalue weighted by atomic mass is 10.1. The van der Waals surface area contributed by atoms with Crippen molar-refractivity contribution in [1.29, 1.82) is 0 Å². The van der Waals surface area contributed by atoms with Crippen LogP contribution in [0.15, 0.2) is 0 Å². The Hall–Kier alpha value is -0.940. The van der Waals surface area contributed by atoms with Crippen molar-refractivity contribution in [3.05, 3.63) is 0 Å². The molecule has 0 bridgehead atoms. The fourth-order valence-corrected chi connectivity index (χ4v) is 0.824. The molecule has 0 spiro atoms. The predicted octanol–water partition coefficient (Wildman–Crippen LogP) is -1.00. The molecule has 0 aromatic rings. The highest BCUT2D eigenvalue weighted by Gasteiger charge is 2.22. The molecule has 0 radical (unpaired) electrons. The summed E-state index contributed by atoms with van der Waals surface area (Å²) in [6.07, 6.45) is -2.00. The van der Waals surface area contributed by atoms with Gasteiger partial charge in [0, 0.05) is 6.04 Å². The number of rotatable bonds is 6. The Morgan fingerprint density at radius 3 is 2.75 bits per heavy atom. The summed E-state index contributed by atoms with van der Waals surface area (Å²) < 4.78 is 6.56. The number of carboxylic acids is 1. The minimum Gasteiger partial charge on any atom is -0.479 e. The Labute approximate surface area is 71.8 Å². The van der Waals surface area contributed by atoms with E-state index >= 15 is 0 Å². The van der Waals surface area contributed by atoms with Crippen LogP contribution in [0.25, 0.3) is 0 Å². The number of aliphatic hydroxyl groups is 1. The van der Waals surface area contributed by atoms with E-state index in [1.165, 1.54) is 0 Å². The first kappa shape index (κ1) is 9.15. The van der Waals surface area contributed by atoms with Gasteiger partial charge in [0.05, 0.1) is 6.54 Å². The molecule has 2 atom stereocenters. The van der Waals surface area contributed by atoms with E-state index in [2.05, 4.69) is 5.32 Å². The van der Waals surface area contributed by atoms with Crippen molar-refractivity contribution in [2.75, 3.05) is 6.54 Å². The third-order valence-corrected chi connectivity index (χ3v) is 1.51. The van der Waals surface area contributed by atoms with E-state index in [1.807, 2.05) is 0 Å². The van der Waals surface area contributed by atoms with Crippen molar-refractivity contribution >= 4 is 12.2 Å². The summed E-state index contributed by atoms with van der Waals surface area (Å²) in [6.45, 7) is 1.43. The maximum absolute atomic E-state index is 10.3. The monoisotopic (exact) mass is 177 g/mol. The molecule has 0 heterocycles. The van der Waals surface area contributed by atoms with Gasteiger partial charge in [-0.2, -0.15) is 0 Å². The zero-order valence-electron chi connectivity index (χ0n) is 7.78. The molecule has 0 aliphatic heterocycles. The molecule has 5 heteroatoms. The van der Waals surface area contributed by atoms with E-state index in [9.17, 15) is 9.59 Å². The quantitative estimate of drug-likeness (QED) is 0.453. The molecule has 0 aliphatic rings. The fraction of sp³-hybridized carbons (Fsp3) is 0.714. The molecule has 0 aromatic heterocycles. The molecule has 5 nitrogen and oxygen atoms in total. The molecular formula is C7H13NO4. The Balaban J connectivity index is 4.02. The van der Waals surface area contributed by atoms with E-state index in [4.69, 9.17) is 11.6 Å². The molecule has 70 valence electrons. The van der Waals surface area contributed by atoms with Crippen LogP contribution in [0.3, 0.4) is 0 Å². The van der Waals surface area contributed by atoms with Crippen LogP contribution in [0.5, 0.6) is 0 Å². The number of carboxylic acid groups (broad SMARTS) is 1. The second-order valence-corrected chi connectivity index (χ2v) is 2.32. The topological polar surface area (TPSA) is 86.6 Å². The summed E-state index contributed by atoms with van der Waals surface area (Å²) in [5, 5.41) is 20.0. The number of aliphatic hydroxyl groups excluding tert-OH is 1. The van der Waals surface area contributed by atoms with Crippen LogP contribution in [0.4, 0.5) is 0 Å². The zero-order chi connectivity index (χ0) is 10.4. The smallest absolute Gasteiger partial charge is 0.334 e. The highest BCUT2D eigenvalue weighted by Crippen LogP contribution is 1.98. The largest absolute Gasteiger partial charge is 0.479 e. The minimum atomic E-state index is -1.54. The van der Waals surface area contributed by atoms with Gasteiger partial charge in [0.2, 0.25) is 0 Å². The van der Waals surface area contributed by atoms with Crippen molar-refractivity contribution in [3.8, 4) is 0 Å². The average Bonchev–Trinajstić information content (AvgIpc) is 2.04. The molecule has 3 N–H and O–H groups in total. The molecule has 1 unspecified atom stereocenters. The van der Waals surface area contributed by atoms with Gasteiger partial charge in [-0.15, -0.1) is 0 Å². The van der Waals surface area contributed by atoms with Gasteiger partial charge in [0.1, 0.15) is 7.63 Å². The molecule has 0 aliphatic carbocycles. The maximum Gasteiger partial charge on any atom is 0.334 e. The van der Waals surface area contributed by atoms with E-state index in [1.54, 1.807) is 6.92 Å². The SMILES string of the molecule is [3H]C(=O)CN[C@@H](CC)C(O)C(=O)O. The Kier molecular flexibility index (Phi) is 4.33. The molecule has 0 aromatic carbocycles. The normalized spacial score (nSPS) is 16.3. The molecule has 0 rings (SSSR count). The lowest BCUT2D eigenvalue weighted by Crippen LogP contribution is -2.44. The van der Waals surface area contributed by atoms with E-state index in [0.29, 0.717) is 6.42 Å². The highest BCUT2D eigenvalue weighted by molar-refractivity contribution is 5.73. The standard InChI is InChI=1S/C7H13NO4/c1-2-5(8-3-4-9)6(10)7(11)12/h4-6,8,10H,2-3H2,1H3,(H,11,12)/t5-,6?/m0/s1/i4T. The molecular weight excluding hydrogens is 162 g/mol. The molecule has 0 amide bonds. The van der Waals surface area contributed by atoms with Gasteiger partial charge in [0.15, 0.2) is 6.10 Å². The second-order valence-electron chi connectivity index (χ2n) is 2.32. The number of carbonyl (C=O) groups is 2. The lowest BCUT2D eigenvalue weighted by Gasteiger charge is -2.17. The van der Waals surface area contributed by atoms with Gasteiger partial charge in [-0.3, -0.25) is 0 Å². The van der Waals surface area contributed by atoms with Gasteiger partial charge in [0.25, 0.3) is 0 Å². The Bertz CT molecular complexity index is 197. The summed E-state index contributed by atoms with van der Waals surface area (Å²) >= 11 is 0. The molecule has 12 heavy (non-hydrogen) atoms. The van der Waals surface area contributed by atoms with Gasteiger partial charge in [-0.1, -0.05) is 6.92 Å². The number of hydrogen-bond acceptors (Lipinski definition) is 4. The summed E-state index contributed by atoms with van der Waals surface area (Å²) in [5.41, 5.74) is 0. The number of nitrogens with one attached hydrogen (secondary N) is 1. The van der Waals surface area contributed by atoms with Crippen LogP contribution in [0.1, 0.15) is 14.7 Å². The average molecular weight is 177 g/mol. The van der Waals surface area contributed by atoms with Gasteiger partial charge < -0.3 is 20.3 Å². The first-order valence-electron chi connectivity index (χ1n) is 4.12. The van der Waals surface area contributed by atoms with Crippen LogP contribution in [0.2, 0.25) is 0 Å².